The van der Waals surface area contributed by atoms with Crippen LogP contribution in [0.4, 0.5) is 5.69 Å². The van der Waals surface area contributed by atoms with Crippen molar-refractivity contribution in [2.24, 2.45) is 0 Å². The lowest BCUT2D eigenvalue weighted by atomic mass is 9.85. The van der Waals surface area contributed by atoms with Crippen molar-refractivity contribution in [3.63, 3.8) is 0 Å². The number of benzene rings is 2. The normalized spacial score (nSPS) is 18.2. The summed E-state index contributed by atoms with van der Waals surface area (Å²) in [5, 5.41) is 0. The number of nitrogens with zero attached hydrogens (tertiary/aromatic N) is 1. The van der Waals surface area contributed by atoms with Crippen LogP contribution in [0.5, 0.6) is 0 Å². The average Bonchev–Trinajstić information content (AvgIpc) is 3.07. The molecule has 1 heterocycles. The van der Waals surface area contributed by atoms with Gasteiger partial charge in [0.2, 0.25) is 0 Å². The van der Waals surface area contributed by atoms with Crippen molar-refractivity contribution in [3.8, 4) is 0 Å². The SMILES string of the molecule is CC(C)(C(=O)OCC(=O)N(c1ccccc1)[C@@H]1CCS(=O)(=O)C1)c1ccccc1. The first-order valence-electron chi connectivity index (χ1n) is 9.51. The van der Waals surface area contributed by atoms with Gasteiger partial charge in [-0.3, -0.25) is 9.59 Å². The Hall–Kier alpha value is -2.67. The molecule has 6 nitrogen and oxygen atoms in total. The number of anilines is 1. The number of carbonyl (C=O) groups is 2. The van der Waals surface area contributed by atoms with E-state index in [-0.39, 0.29) is 11.5 Å². The first kappa shape index (κ1) is 21.0. The number of amides is 1. The summed E-state index contributed by atoms with van der Waals surface area (Å²) in [7, 11) is -3.17. The zero-order valence-corrected chi connectivity index (χ0v) is 17.4. The first-order valence-corrected chi connectivity index (χ1v) is 11.3. The molecule has 0 N–H and O–H groups in total. The van der Waals surface area contributed by atoms with E-state index in [1.807, 2.05) is 36.4 Å². The molecule has 1 saturated heterocycles. The van der Waals surface area contributed by atoms with E-state index in [2.05, 4.69) is 0 Å². The standard InChI is InChI=1S/C22H25NO5S/c1-22(2,17-9-5-3-6-10-17)21(25)28-15-20(24)23(18-11-7-4-8-12-18)19-13-14-29(26,27)16-19/h3-12,19H,13-16H2,1-2H3/t19-/m1/s1. The minimum atomic E-state index is -3.17. The highest BCUT2D eigenvalue weighted by molar-refractivity contribution is 7.91. The summed E-state index contributed by atoms with van der Waals surface area (Å²) in [5.74, 6) is -0.980. The Balaban J connectivity index is 1.74. The van der Waals surface area contributed by atoms with Crippen molar-refractivity contribution in [2.75, 3.05) is 23.0 Å². The predicted molar refractivity (Wildman–Crippen MR) is 111 cm³/mol. The molecule has 0 saturated carbocycles. The van der Waals surface area contributed by atoms with Gasteiger partial charge in [0.15, 0.2) is 16.4 Å². The topological polar surface area (TPSA) is 80.8 Å². The fourth-order valence-electron chi connectivity index (χ4n) is 3.48. The second-order valence-electron chi connectivity index (χ2n) is 7.72. The van der Waals surface area contributed by atoms with Gasteiger partial charge in [-0.2, -0.15) is 0 Å². The number of sulfone groups is 1. The number of esters is 1. The van der Waals surface area contributed by atoms with Crippen LogP contribution in [-0.2, 0) is 29.6 Å². The van der Waals surface area contributed by atoms with E-state index in [1.54, 1.807) is 38.1 Å². The molecule has 1 fully saturated rings. The molecule has 2 aromatic rings. The van der Waals surface area contributed by atoms with Crippen molar-refractivity contribution in [1.82, 2.24) is 0 Å². The third-order valence-electron chi connectivity index (χ3n) is 5.21. The Morgan fingerprint density at radius 3 is 2.17 bits per heavy atom. The van der Waals surface area contributed by atoms with Gasteiger partial charge < -0.3 is 9.64 Å². The molecule has 1 aliphatic heterocycles. The van der Waals surface area contributed by atoms with Gasteiger partial charge >= 0.3 is 5.97 Å². The molecular formula is C22H25NO5S. The zero-order chi connectivity index (χ0) is 21.1. The minimum Gasteiger partial charge on any atom is -0.455 e. The molecule has 7 heteroatoms. The number of hydrogen-bond acceptors (Lipinski definition) is 5. The molecule has 0 bridgehead atoms. The van der Waals surface area contributed by atoms with E-state index in [9.17, 15) is 18.0 Å². The van der Waals surface area contributed by atoms with Crippen molar-refractivity contribution in [1.29, 1.82) is 0 Å². The lowest BCUT2D eigenvalue weighted by molar-refractivity contribution is -0.152. The number of ether oxygens (including phenoxy) is 1. The van der Waals surface area contributed by atoms with Crippen LogP contribution in [0.25, 0.3) is 0 Å². The Kier molecular flexibility index (Phi) is 6.07. The highest BCUT2D eigenvalue weighted by Gasteiger charge is 2.37. The van der Waals surface area contributed by atoms with Gasteiger partial charge in [-0.25, -0.2) is 8.42 Å². The van der Waals surface area contributed by atoms with Crippen LogP contribution in [0.2, 0.25) is 0 Å². The first-order chi connectivity index (χ1) is 13.7. The van der Waals surface area contributed by atoms with Crippen molar-refractivity contribution in [2.45, 2.75) is 31.7 Å². The Labute approximate surface area is 171 Å². The summed E-state index contributed by atoms with van der Waals surface area (Å²) in [6.45, 7) is 3.04. The maximum Gasteiger partial charge on any atom is 0.316 e. The molecule has 29 heavy (non-hydrogen) atoms. The monoisotopic (exact) mass is 415 g/mol. The summed E-state index contributed by atoms with van der Waals surface area (Å²) < 4.78 is 29.2. The second-order valence-corrected chi connectivity index (χ2v) is 9.95. The largest absolute Gasteiger partial charge is 0.455 e. The van der Waals surface area contributed by atoms with Gasteiger partial charge in [0.25, 0.3) is 5.91 Å². The molecule has 0 aliphatic carbocycles. The van der Waals surface area contributed by atoms with Gasteiger partial charge in [-0.05, 0) is 38.0 Å². The Bertz CT molecular complexity index is 971. The lowest BCUT2D eigenvalue weighted by Gasteiger charge is -2.29. The van der Waals surface area contributed by atoms with Crippen LogP contribution in [-0.4, -0.2) is 44.4 Å². The molecule has 3 rings (SSSR count). The van der Waals surface area contributed by atoms with Crippen molar-refractivity contribution < 1.29 is 22.7 Å². The highest BCUT2D eigenvalue weighted by atomic mass is 32.2. The molecule has 0 unspecified atom stereocenters. The summed E-state index contributed by atoms with van der Waals surface area (Å²) in [6, 6.07) is 17.6. The van der Waals surface area contributed by atoms with Crippen LogP contribution >= 0.6 is 0 Å². The molecule has 0 aromatic heterocycles. The Morgan fingerprint density at radius 2 is 1.62 bits per heavy atom. The number of rotatable bonds is 6. The van der Waals surface area contributed by atoms with E-state index in [0.717, 1.165) is 5.56 Å². The van der Waals surface area contributed by atoms with Gasteiger partial charge in [0, 0.05) is 5.69 Å². The van der Waals surface area contributed by atoms with Gasteiger partial charge in [-0.15, -0.1) is 0 Å². The van der Waals surface area contributed by atoms with Crippen LogP contribution in [0.1, 0.15) is 25.8 Å². The minimum absolute atomic E-state index is 0.0507. The molecule has 1 amide bonds. The van der Waals surface area contributed by atoms with Gasteiger partial charge in [0.1, 0.15) is 0 Å². The second kappa shape index (κ2) is 8.37. The molecule has 0 spiro atoms. The summed E-state index contributed by atoms with van der Waals surface area (Å²) in [6.07, 6.45) is 0.367. The Morgan fingerprint density at radius 1 is 1.03 bits per heavy atom. The maximum atomic E-state index is 13.0. The van der Waals surface area contributed by atoms with E-state index < -0.39 is 39.8 Å². The molecule has 1 aliphatic rings. The molecule has 1 atom stereocenters. The fraction of sp³-hybridized carbons (Fsp3) is 0.364. The van der Waals surface area contributed by atoms with Crippen molar-refractivity contribution in [3.05, 3.63) is 66.2 Å². The highest BCUT2D eigenvalue weighted by Crippen LogP contribution is 2.26. The smallest absolute Gasteiger partial charge is 0.316 e. The predicted octanol–water partition coefficient (Wildman–Crippen LogP) is 2.73. The van der Waals surface area contributed by atoms with Crippen LogP contribution in [0.15, 0.2) is 60.7 Å². The van der Waals surface area contributed by atoms with Crippen LogP contribution in [0, 0.1) is 0 Å². The van der Waals surface area contributed by atoms with Crippen LogP contribution < -0.4 is 4.90 Å². The van der Waals surface area contributed by atoms with Crippen LogP contribution in [0.3, 0.4) is 0 Å². The van der Waals surface area contributed by atoms with E-state index >= 15 is 0 Å². The average molecular weight is 416 g/mol. The fourth-order valence-corrected chi connectivity index (χ4v) is 5.18. The number of carbonyl (C=O) groups excluding carboxylic acids is 2. The molecular weight excluding hydrogens is 390 g/mol. The van der Waals surface area contributed by atoms with Gasteiger partial charge in [-0.1, -0.05) is 48.5 Å². The van der Waals surface area contributed by atoms with E-state index in [1.165, 1.54) is 4.90 Å². The number of hydrogen-bond donors (Lipinski definition) is 0. The lowest BCUT2D eigenvalue weighted by Crippen LogP contribution is -2.44. The summed E-state index contributed by atoms with van der Waals surface area (Å²) >= 11 is 0. The third kappa shape index (κ3) is 4.85. The zero-order valence-electron chi connectivity index (χ0n) is 16.6. The summed E-state index contributed by atoms with van der Waals surface area (Å²) in [5.41, 5.74) is 0.479. The third-order valence-corrected chi connectivity index (χ3v) is 6.96. The molecule has 0 radical (unpaired) electrons. The molecule has 2 aromatic carbocycles. The van der Waals surface area contributed by atoms with E-state index in [0.29, 0.717) is 12.1 Å². The quantitative estimate of drug-likeness (QED) is 0.678. The van der Waals surface area contributed by atoms with E-state index in [4.69, 9.17) is 4.74 Å². The number of para-hydroxylation sites is 1. The van der Waals surface area contributed by atoms with Crippen molar-refractivity contribution >= 4 is 27.4 Å². The maximum absolute atomic E-state index is 13.0. The summed E-state index contributed by atoms with van der Waals surface area (Å²) in [4.78, 5) is 27.1. The molecule has 154 valence electrons. The van der Waals surface area contributed by atoms with Gasteiger partial charge in [0.05, 0.1) is 23.0 Å².